The molecule has 0 aromatic heterocycles. The summed E-state index contributed by atoms with van der Waals surface area (Å²) in [4.78, 5) is 17.9. The van der Waals surface area contributed by atoms with Gasteiger partial charge in [0, 0.05) is 25.2 Å². The van der Waals surface area contributed by atoms with Crippen molar-refractivity contribution in [2.45, 2.75) is 26.2 Å². The van der Waals surface area contributed by atoms with Crippen LogP contribution in [0.25, 0.3) is 0 Å². The average molecular weight is 274 g/mol. The molecule has 1 heterocycles. The van der Waals surface area contributed by atoms with E-state index in [0.29, 0.717) is 18.9 Å². The second kappa shape index (κ2) is 6.93. The molecule has 0 unspecified atom stereocenters. The van der Waals surface area contributed by atoms with Crippen LogP contribution in [0.4, 0.5) is 5.69 Å². The molecule has 5 nitrogen and oxygen atoms in total. The number of aryl methyl sites for hydroxylation is 1. The predicted molar refractivity (Wildman–Crippen MR) is 81.7 cm³/mol. The Morgan fingerprint density at radius 1 is 1.40 bits per heavy atom. The quantitative estimate of drug-likeness (QED) is 0.649. The lowest BCUT2D eigenvalue weighted by Crippen LogP contribution is -2.28. The van der Waals surface area contributed by atoms with Crippen LogP contribution in [0.2, 0.25) is 0 Å². The molecular weight excluding hydrogens is 252 g/mol. The second-order valence-electron chi connectivity index (χ2n) is 5.10. The number of aliphatic imine (C=N–C) groups is 1. The Labute approximate surface area is 119 Å². The van der Waals surface area contributed by atoms with Crippen molar-refractivity contribution in [3.8, 4) is 0 Å². The lowest BCUT2D eigenvalue weighted by atomic mass is 10.2. The molecule has 1 aromatic carbocycles. The summed E-state index contributed by atoms with van der Waals surface area (Å²) in [6.45, 7) is 4.23. The van der Waals surface area contributed by atoms with Gasteiger partial charge in [0.2, 0.25) is 5.91 Å². The Morgan fingerprint density at radius 3 is 2.85 bits per heavy atom. The Morgan fingerprint density at radius 2 is 2.15 bits per heavy atom. The van der Waals surface area contributed by atoms with E-state index in [2.05, 4.69) is 10.3 Å². The van der Waals surface area contributed by atoms with Crippen LogP contribution in [0.5, 0.6) is 0 Å². The number of nitrogens with zero attached hydrogens (tertiary/aromatic N) is 2. The number of carbonyl (C=O) groups excluding carboxylic acids is 1. The van der Waals surface area contributed by atoms with Crippen LogP contribution in [0, 0.1) is 6.92 Å². The average Bonchev–Trinajstić information content (AvgIpc) is 2.92. The van der Waals surface area contributed by atoms with Gasteiger partial charge in [-0.05, 0) is 37.5 Å². The van der Waals surface area contributed by atoms with Crippen molar-refractivity contribution >= 4 is 17.6 Å². The van der Waals surface area contributed by atoms with Crippen LogP contribution in [0.15, 0.2) is 29.3 Å². The first kappa shape index (κ1) is 14.4. The van der Waals surface area contributed by atoms with Gasteiger partial charge in [-0.15, -0.1) is 0 Å². The molecule has 20 heavy (non-hydrogen) atoms. The Kier molecular flexibility index (Phi) is 4.98. The number of likely N-dealkylation sites (tertiary alicyclic amines) is 1. The van der Waals surface area contributed by atoms with Crippen LogP contribution in [0.1, 0.15) is 24.8 Å². The summed E-state index contributed by atoms with van der Waals surface area (Å²) in [6, 6.07) is 7.91. The highest BCUT2D eigenvalue weighted by Gasteiger charge is 2.16. The Hall–Kier alpha value is -2.04. The van der Waals surface area contributed by atoms with E-state index >= 15 is 0 Å². The van der Waals surface area contributed by atoms with Crippen molar-refractivity contribution in [1.29, 1.82) is 0 Å². The van der Waals surface area contributed by atoms with E-state index in [4.69, 9.17) is 5.73 Å². The number of hydrogen-bond acceptors (Lipinski definition) is 2. The zero-order valence-electron chi connectivity index (χ0n) is 11.9. The normalized spacial score (nSPS) is 15.4. The second-order valence-corrected chi connectivity index (χ2v) is 5.10. The zero-order chi connectivity index (χ0) is 14.4. The third kappa shape index (κ3) is 4.26. The summed E-state index contributed by atoms with van der Waals surface area (Å²) in [6.07, 6.45) is 2.66. The van der Waals surface area contributed by atoms with E-state index < -0.39 is 0 Å². The van der Waals surface area contributed by atoms with Gasteiger partial charge in [-0.1, -0.05) is 12.1 Å². The van der Waals surface area contributed by atoms with Gasteiger partial charge >= 0.3 is 0 Å². The first-order chi connectivity index (χ1) is 9.65. The van der Waals surface area contributed by atoms with Crippen molar-refractivity contribution in [3.05, 3.63) is 29.8 Å². The number of benzene rings is 1. The fourth-order valence-electron chi connectivity index (χ4n) is 2.31. The fourth-order valence-corrected chi connectivity index (χ4v) is 2.31. The molecule has 1 aromatic rings. The number of nitrogens with one attached hydrogen (secondary N) is 1. The minimum absolute atomic E-state index is 0.176. The molecule has 0 saturated carbocycles. The first-order valence-electron chi connectivity index (χ1n) is 7.06. The van der Waals surface area contributed by atoms with Gasteiger partial charge < -0.3 is 16.0 Å². The monoisotopic (exact) mass is 274 g/mol. The number of carbonyl (C=O) groups is 1. The van der Waals surface area contributed by atoms with Gasteiger partial charge in [-0.25, -0.2) is 0 Å². The standard InChI is InChI=1S/C15H22N4O/c1-12-5-4-6-13(11-12)18-15(16)17-8-7-14(20)19-9-2-3-10-19/h4-6,11H,2-3,7-10H2,1H3,(H3,16,17,18). The van der Waals surface area contributed by atoms with Crippen molar-refractivity contribution < 1.29 is 4.79 Å². The molecule has 0 bridgehead atoms. The molecule has 1 amide bonds. The molecule has 0 spiro atoms. The lowest BCUT2D eigenvalue weighted by molar-refractivity contribution is -0.129. The smallest absolute Gasteiger partial charge is 0.224 e. The molecule has 1 saturated heterocycles. The summed E-state index contributed by atoms with van der Waals surface area (Å²) in [5.74, 6) is 0.527. The van der Waals surface area contributed by atoms with Crippen LogP contribution in [0.3, 0.4) is 0 Å². The first-order valence-corrected chi connectivity index (χ1v) is 7.06. The van der Waals surface area contributed by atoms with E-state index in [0.717, 1.165) is 37.2 Å². The molecule has 108 valence electrons. The molecule has 1 aliphatic rings. The summed E-state index contributed by atoms with van der Waals surface area (Å²) in [5.41, 5.74) is 7.88. The van der Waals surface area contributed by atoms with E-state index in [1.54, 1.807) is 0 Å². The summed E-state index contributed by atoms with van der Waals surface area (Å²) < 4.78 is 0. The van der Waals surface area contributed by atoms with Crippen LogP contribution in [-0.2, 0) is 4.79 Å². The largest absolute Gasteiger partial charge is 0.370 e. The Balaban J connectivity index is 1.77. The van der Waals surface area contributed by atoms with Crippen molar-refractivity contribution in [2.75, 3.05) is 25.0 Å². The zero-order valence-corrected chi connectivity index (χ0v) is 11.9. The van der Waals surface area contributed by atoms with Gasteiger partial charge in [0.25, 0.3) is 0 Å². The molecule has 2 rings (SSSR count). The third-order valence-electron chi connectivity index (χ3n) is 3.36. The summed E-state index contributed by atoms with van der Waals surface area (Å²) >= 11 is 0. The topological polar surface area (TPSA) is 70.7 Å². The predicted octanol–water partition coefficient (Wildman–Crippen LogP) is 1.73. The minimum Gasteiger partial charge on any atom is -0.370 e. The molecular formula is C15H22N4O. The van der Waals surface area contributed by atoms with Crippen LogP contribution in [-0.4, -0.2) is 36.4 Å². The lowest BCUT2D eigenvalue weighted by Gasteiger charge is -2.14. The highest BCUT2D eigenvalue weighted by molar-refractivity contribution is 5.92. The number of anilines is 1. The molecule has 0 radical (unpaired) electrons. The molecule has 3 N–H and O–H groups in total. The van der Waals surface area contributed by atoms with Gasteiger partial charge in [-0.2, -0.15) is 0 Å². The van der Waals surface area contributed by atoms with Crippen molar-refractivity contribution in [1.82, 2.24) is 4.90 Å². The van der Waals surface area contributed by atoms with E-state index in [1.165, 1.54) is 0 Å². The van der Waals surface area contributed by atoms with Crippen molar-refractivity contribution in [2.24, 2.45) is 10.7 Å². The van der Waals surface area contributed by atoms with E-state index in [-0.39, 0.29) is 5.91 Å². The Bertz CT molecular complexity index is 492. The highest BCUT2D eigenvalue weighted by Crippen LogP contribution is 2.10. The highest BCUT2D eigenvalue weighted by atomic mass is 16.2. The van der Waals surface area contributed by atoms with Crippen LogP contribution < -0.4 is 11.1 Å². The van der Waals surface area contributed by atoms with Gasteiger partial charge in [0.15, 0.2) is 5.96 Å². The molecule has 0 aliphatic carbocycles. The van der Waals surface area contributed by atoms with Crippen molar-refractivity contribution in [3.63, 3.8) is 0 Å². The number of rotatable bonds is 4. The van der Waals surface area contributed by atoms with Gasteiger partial charge in [-0.3, -0.25) is 9.79 Å². The van der Waals surface area contributed by atoms with Gasteiger partial charge in [0.1, 0.15) is 0 Å². The molecule has 5 heteroatoms. The van der Waals surface area contributed by atoms with Crippen LogP contribution >= 0.6 is 0 Å². The molecule has 1 aliphatic heterocycles. The molecule has 0 atom stereocenters. The maximum Gasteiger partial charge on any atom is 0.224 e. The van der Waals surface area contributed by atoms with Gasteiger partial charge in [0.05, 0.1) is 6.54 Å². The number of nitrogens with two attached hydrogens (primary N) is 1. The number of hydrogen-bond donors (Lipinski definition) is 2. The SMILES string of the molecule is Cc1cccc(NC(N)=NCCC(=O)N2CCCC2)c1. The fraction of sp³-hybridized carbons (Fsp3) is 0.467. The van der Waals surface area contributed by atoms with E-state index in [9.17, 15) is 4.79 Å². The third-order valence-corrected chi connectivity index (χ3v) is 3.36. The molecule has 1 fully saturated rings. The summed E-state index contributed by atoms with van der Waals surface area (Å²) in [7, 11) is 0. The maximum absolute atomic E-state index is 11.8. The minimum atomic E-state index is 0.176. The number of guanidine groups is 1. The number of amides is 1. The van der Waals surface area contributed by atoms with E-state index in [1.807, 2.05) is 36.1 Å². The maximum atomic E-state index is 11.8. The summed E-state index contributed by atoms with van der Waals surface area (Å²) in [5, 5.41) is 3.03.